The molecule has 0 bridgehead atoms. The SMILES string of the molecule is C#Cc1cccc(NC(=O)C2(CN)CCCC2)c1. The van der Waals surface area contributed by atoms with Crippen LogP contribution in [0.25, 0.3) is 0 Å². The standard InChI is InChI=1S/C15H18N2O/c1-2-12-6-5-7-13(10-12)17-14(18)15(11-16)8-3-4-9-15/h1,5-7,10H,3-4,8-9,11,16H2,(H,17,18). The molecule has 1 aromatic rings. The first-order valence-electron chi connectivity index (χ1n) is 6.28. The Bertz CT molecular complexity index is 482. The van der Waals surface area contributed by atoms with Crippen molar-refractivity contribution in [3.05, 3.63) is 29.8 Å². The Morgan fingerprint density at radius 3 is 2.78 bits per heavy atom. The fourth-order valence-corrected chi connectivity index (χ4v) is 2.53. The van der Waals surface area contributed by atoms with E-state index in [0.29, 0.717) is 6.54 Å². The lowest BCUT2D eigenvalue weighted by Crippen LogP contribution is -2.40. The van der Waals surface area contributed by atoms with E-state index in [-0.39, 0.29) is 11.3 Å². The molecule has 1 aliphatic rings. The molecule has 3 heteroatoms. The number of amides is 1. The fraction of sp³-hybridized carbons (Fsp3) is 0.400. The van der Waals surface area contributed by atoms with Crippen LogP contribution in [0.4, 0.5) is 5.69 Å². The molecule has 0 aromatic heterocycles. The van der Waals surface area contributed by atoms with Crippen molar-refractivity contribution in [1.29, 1.82) is 0 Å². The number of carbonyl (C=O) groups excluding carboxylic acids is 1. The number of anilines is 1. The summed E-state index contributed by atoms with van der Waals surface area (Å²) in [7, 11) is 0. The first kappa shape index (κ1) is 12.7. The van der Waals surface area contributed by atoms with Gasteiger partial charge in [0.25, 0.3) is 0 Å². The molecule has 1 aromatic carbocycles. The minimum absolute atomic E-state index is 0.0247. The highest BCUT2D eigenvalue weighted by Crippen LogP contribution is 2.38. The predicted octanol–water partition coefficient (Wildman–Crippen LogP) is 2.13. The van der Waals surface area contributed by atoms with Crippen molar-refractivity contribution in [2.45, 2.75) is 25.7 Å². The fourth-order valence-electron chi connectivity index (χ4n) is 2.53. The largest absolute Gasteiger partial charge is 0.329 e. The maximum atomic E-state index is 12.3. The van der Waals surface area contributed by atoms with Gasteiger partial charge in [0, 0.05) is 17.8 Å². The second-order valence-electron chi connectivity index (χ2n) is 4.87. The average Bonchev–Trinajstić information content (AvgIpc) is 2.89. The van der Waals surface area contributed by atoms with Crippen LogP contribution in [-0.2, 0) is 4.79 Å². The summed E-state index contributed by atoms with van der Waals surface area (Å²) in [6.45, 7) is 0.410. The Labute approximate surface area is 108 Å². The molecule has 0 saturated heterocycles. The van der Waals surface area contributed by atoms with Crippen LogP contribution in [0.3, 0.4) is 0 Å². The molecule has 3 N–H and O–H groups in total. The molecular formula is C15H18N2O. The minimum Gasteiger partial charge on any atom is -0.329 e. The number of hydrogen-bond acceptors (Lipinski definition) is 2. The Morgan fingerprint density at radius 2 is 2.17 bits per heavy atom. The molecule has 2 rings (SSSR count). The molecule has 0 atom stereocenters. The summed E-state index contributed by atoms with van der Waals surface area (Å²) in [6.07, 6.45) is 9.26. The summed E-state index contributed by atoms with van der Waals surface area (Å²) in [5.41, 5.74) is 6.91. The molecular weight excluding hydrogens is 224 g/mol. The molecule has 1 fully saturated rings. The van der Waals surface area contributed by atoms with Crippen molar-refractivity contribution >= 4 is 11.6 Å². The number of nitrogens with one attached hydrogen (secondary N) is 1. The molecule has 18 heavy (non-hydrogen) atoms. The molecule has 1 saturated carbocycles. The summed E-state index contributed by atoms with van der Waals surface area (Å²) >= 11 is 0. The maximum absolute atomic E-state index is 12.3. The number of rotatable bonds is 3. The van der Waals surface area contributed by atoms with Gasteiger partial charge in [-0.2, -0.15) is 0 Å². The third-order valence-electron chi connectivity index (χ3n) is 3.72. The normalized spacial score (nSPS) is 17.1. The van der Waals surface area contributed by atoms with E-state index in [1.165, 1.54) is 0 Å². The van der Waals surface area contributed by atoms with Gasteiger partial charge in [0.1, 0.15) is 0 Å². The van der Waals surface area contributed by atoms with Gasteiger partial charge >= 0.3 is 0 Å². The average molecular weight is 242 g/mol. The van der Waals surface area contributed by atoms with E-state index >= 15 is 0 Å². The summed E-state index contributed by atoms with van der Waals surface area (Å²) in [5, 5.41) is 2.94. The van der Waals surface area contributed by atoms with Crippen molar-refractivity contribution in [1.82, 2.24) is 0 Å². The van der Waals surface area contributed by atoms with E-state index in [1.54, 1.807) is 6.07 Å². The van der Waals surface area contributed by atoms with E-state index in [1.807, 2.05) is 18.2 Å². The van der Waals surface area contributed by atoms with Gasteiger partial charge in [-0.3, -0.25) is 4.79 Å². The second kappa shape index (κ2) is 5.24. The van der Waals surface area contributed by atoms with Crippen LogP contribution in [0.15, 0.2) is 24.3 Å². The van der Waals surface area contributed by atoms with Gasteiger partial charge < -0.3 is 11.1 Å². The van der Waals surface area contributed by atoms with Crippen molar-refractivity contribution < 1.29 is 4.79 Å². The van der Waals surface area contributed by atoms with Crippen LogP contribution in [0.2, 0.25) is 0 Å². The Hall–Kier alpha value is -1.79. The second-order valence-corrected chi connectivity index (χ2v) is 4.87. The van der Waals surface area contributed by atoms with Crippen molar-refractivity contribution in [2.75, 3.05) is 11.9 Å². The van der Waals surface area contributed by atoms with Gasteiger partial charge in [-0.15, -0.1) is 6.42 Å². The van der Waals surface area contributed by atoms with Gasteiger partial charge in [0.2, 0.25) is 5.91 Å². The highest BCUT2D eigenvalue weighted by Gasteiger charge is 2.39. The molecule has 0 radical (unpaired) electrons. The lowest BCUT2D eigenvalue weighted by Gasteiger charge is -2.25. The summed E-state index contributed by atoms with van der Waals surface area (Å²) in [5.74, 6) is 2.58. The van der Waals surface area contributed by atoms with E-state index in [9.17, 15) is 4.79 Å². The van der Waals surface area contributed by atoms with Crippen LogP contribution < -0.4 is 11.1 Å². The summed E-state index contributed by atoms with van der Waals surface area (Å²) in [4.78, 5) is 12.3. The zero-order valence-corrected chi connectivity index (χ0v) is 10.4. The summed E-state index contributed by atoms with van der Waals surface area (Å²) in [6, 6.07) is 7.33. The molecule has 0 unspecified atom stereocenters. The van der Waals surface area contributed by atoms with Crippen molar-refractivity contribution in [3.8, 4) is 12.3 Å². The number of benzene rings is 1. The maximum Gasteiger partial charge on any atom is 0.231 e. The highest BCUT2D eigenvalue weighted by atomic mass is 16.2. The lowest BCUT2D eigenvalue weighted by molar-refractivity contribution is -0.124. The van der Waals surface area contributed by atoms with Crippen LogP contribution in [0.1, 0.15) is 31.2 Å². The quantitative estimate of drug-likeness (QED) is 0.798. The van der Waals surface area contributed by atoms with Gasteiger partial charge in [0.15, 0.2) is 0 Å². The number of terminal acetylenes is 1. The van der Waals surface area contributed by atoms with Crippen LogP contribution >= 0.6 is 0 Å². The molecule has 1 aliphatic carbocycles. The third kappa shape index (κ3) is 2.39. The van der Waals surface area contributed by atoms with E-state index in [2.05, 4.69) is 11.2 Å². The van der Waals surface area contributed by atoms with Gasteiger partial charge in [0.05, 0.1) is 5.41 Å². The van der Waals surface area contributed by atoms with Crippen LogP contribution in [0.5, 0.6) is 0 Å². The number of hydrogen-bond donors (Lipinski definition) is 2. The molecule has 3 nitrogen and oxygen atoms in total. The molecule has 0 heterocycles. The first-order valence-corrected chi connectivity index (χ1v) is 6.28. The topological polar surface area (TPSA) is 55.1 Å². The Balaban J connectivity index is 2.13. The predicted molar refractivity (Wildman–Crippen MR) is 73.0 cm³/mol. The monoisotopic (exact) mass is 242 g/mol. The Morgan fingerprint density at radius 1 is 1.44 bits per heavy atom. The van der Waals surface area contributed by atoms with Crippen molar-refractivity contribution in [3.63, 3.8) is 0 Å². The minimum atomic E-state index is -0.383. The van der Waals surface area contributed by atoms with Crippen molar-refractivity contribution in [2.24, 2.45) is 11.1 Å². The van der Waals surface area contributed by atoms with E-state index in [0.717, 1.165) is 36.9 Å². The van der Waals surface area contributed by atoms with E-state index < -0.39 is 0 Å². The third-order valence-corrected chi connectivity index (χ3v) is 3.72. The Kier molecular flexibility index (Phi) is 3.69. The van der Waals surface area contributed by atoms with E-state index in [4.69, 9.17) is 12.2 Å². The lowest BCUT2D eigenvalue weighted by atomic mass is 9.85. The highest BCUT2D eigenvalue weighted by molar-refractivity contribution is 5.95. The van der Waals surface area contributed by atoms with Gasteiger partial charge in [-0.05, 0) is 31.0 Å². The van der Waals surface area contributed by atoms with Crippen LogP contribution in [-0.4, -0.2) is 12.5 Å². The smallest absolute Gasteiger partial charge is 0.231 e. The molecule has 94 valence electrons. The molecule has 0 aliphatic heterocycles. The summed E-state index contributed by atoms with van der Waals surface area (Å²) < 4.78 is 0. The van der Waals surface area contributed by atoms with Gasteiger partial charge in [-0.1, -0.05) is 24.8 Å². The zero-order valence-electron chi connectivity index (χ0n) is 10.4. The molecule has 0 spiro atoms. The van der Waals surface area contributed by atoms with Crippen LogP contribution in [0, 0.1) is 17.8 Å². The van der Waals surface area contributed by atoms with Gasteiger partial charge in [-0.25, -0.2) is 0 Å². The zero-order chi connectivity index (χ0) is 13.0. The molecule has 1 amide bonds. The number of nitrogens with two attached hydrogens (primary N) is 1. The first-order chi connectivity index (χ1) is 8.70. The number of carbonyl (C=O) groups is 1.